The molecule has 1 aromatic carbocycles. The van der Waals surface area contributed by atoms with Crippen LogP contribution in [0.4, 0.5) is 11.4 Å². The third kappa shape index (κ3) is 2.97. The van der Waals surface area contributed by atoms with Crippen LogP contribution < -0.4 is 9.64 Å². The maximum atomic E-state index is 12.5. The molecule has 0 bridgehead atoms. The van der Waals surface area contributed by atoms with Crippen LogP contribution in [0.5, 0.6) is 5.75 Å². The molecule has 0 saturated carbocycles. The number of nitro groups is 1. The highest BCUT2D eigenvalue weighted by atomic mass is 16.6. The lowest BCUT2D eigenvalue weighted by Gasteiger charge is -2.35. The fourth-order valence-corrected chi connectivity index (χ4v) is 2.23. The summed E-state index contributed by atoms with van der Waals surface area (Å²) >= 11 is 0. The molecular formula is C14H18N2O5. The molecule has 0 radical (unpaired) electrons. The van der Waals surface area contributed by atoms with Crippen molar-refractivity contribution < 1.29 is 19.2 Å². The third-order valence-electron chi connectivity index (χ3n) is 3.33. The summed E-state index contributed by atoms with van der Waals surface area (Å²) < 4.78 is 10.7. The van der Waals surface area contributed by atoms with E-state index in [9.17, 15) is 14.9 Å². The van der Waals surface area contributed by atoms with E-state index in [0.717, 1.165) is 0 Å². The lowest BCUT2D eigenvalue weighted by molar-refractivity contribution is -0.384. The molecule has 0 spiro atoms. The van der Waals surface area contributed by atoms with Crippen molar-refractivity contribution in [3.63, 3.8) is 0 Å². The minimum atomic E-state index is -0.642. The number of fused-ring (bicyclic) bond motifs is 1. The second-order valence-corrected chi connectivity index (χ2v) is 5.17. The van der Waals surface area contributed by atoms with Crippen LogP contribution in [-0.2, 0) is 9.53 Å². The van der Waals surface area contributed by atoms with E-state index in [1.54, 1.807) is 12.0 Å². The van der Waals surface area contributed by atoms with Crippen molar-refractivity contribution in [1.29, 1.82) is 0 Å². The topological polar surface area (TPSA) is 81.9 Å². The quantitative estimate of drug-likeness (QED) is 0.612. The highest BCUT2D eigenvalue weighted by molar-refractivity contribution is 6.00. The van der Waals surface area contributed by atoms with Crippen molar-refractivity contribution in [2.75, 3.05) is 25.2 Å². The minimum Gasteiger partial charge on any atom is -0.478 e. The summed E-state index contributed by atoms with van der Waals surface area (Å²) in [7, 11) is 1.56. The van der Waals surface area contributed by atoms with Gasteiger partial charge in [-0.05, 0) is 12.0 Å². The molecule has 114 valence electrons. The van der Waals surface area contributed by atoms with E-state index in [2.05, 4.69) is 0 Å². The molecule has 1 unspecified atom stereocenters. The van der Waals surface area contributed by atoms with Crippen LogP contribution in [0.25, 0.3) is 0 Å². The zero-order chi connectivity index (χ0) is 15.6. The van der Waals surface area contributed by atoms with Crippen molar-refractivity contribution in [2.45, 2.75) is 20.0 Å². The van der Waals surface area contributed by atoms with Gasteiger partial charge in [-0.15, -0.1) is 0 Å². The predicted octanol–water partition coefficient (Wildman–Crippen LogP) is 1.99. The van der Waals surface area contributed by atoms with Gasteiger partial charge in [0.25, 0.3) is 11.6 Å². The minimum absolute atomic E-state index is 0.0324. The Morgan fingerprint density at radius 2 is 2.19 bits per heavy atom. The maximum Gasteiger partial charge on any atom is 0.273 e. The number of hydrogen-bond donors (Lipinski definition) is 0. The number of carbonyl (C=O) groups is 1. The van der Waals surface area contributed by atoms with Gasteiger partial charge in [0.15, 0.2) is 11.9 Å². The average molecular weight is 294 g/mol. The van der Waals surface area contributed by atoms with Gasteiger partial charge in [0.2, 0.25) is 0 Å². The van der Waals surface area contributed by atoms with Crippen molar-refractivity contribution in [3.8, 4) is 5.75 Å². The fraction of sp³-hybridized carbons (Fsp3) is 0.500. The average Bonchev–Trinajstić information content (AvgIpc) is 2.44. The van der Waals surface area contributed by atoms with Gasteiger partial charge in [-0.3, -0.25) is 14.9 Å². The van der Waals surface area contributed by atoms with E-state index in [4.69, 9.17) is 9.47 Å². The first kappa shape index (κ1) is 15.2. The highest BCUT2D eigenvalue weighted by Crippen LogP contribution is 2.38. The normalized spacial score (nSPS) is 17.6. The Labute approximate surface area is 122 Å². The van der Waals surface area contributed by atoms with E-state index >= 15 is 0 Å². The Morgan fingerprint density at radius 1 is 1.48 bits per heavy atom. The molecule has 1 aliphatic heterocycles. The number of ether oxygens (including phenoxy) is 2. The summed E-state index contributed by atoms with van der Waals surface area (Å²) in [6.45, 7) is 4.51. The summed E-state index contributed by atoms with van der Waals surface area (Å²) in [5.74, 6) is 0.178. The molecule has 1 amide bonds. The van der Waals surface area contributed by atoms with Gasteiger partial charge >= 0.3 is 0 Å². The smallest absolute Gasteiger partial charge is 0.273 e. The Kier molecular flexibility index (Phi) is 4.42. The number of anilines is 1. The molecule has 0 aliphatic carbocycles. The second kappa shape index (κ2) is 6.09. The van der Waals surface area contributed by atoms with E-state index < -0.39 is 11.0 Å². The van der Waals surface area contributed by atoms with Gasteiger partial charge < -0.3 is 14.4 Å². The van der Waals surface area contributed by atoms with E-state index in [0.29, 0.717) is 24.6 Å². The second-order valence-electron chi connectivity index (χ2n) is 5.17. The summed E-state index contributed by atoms with van der Waals surface area (Å²) in [4.78, 5) is 24.4. The first-order valence-corrected chi connectivity index (χ1v) is 6.71. The van der Waals surface area contributed by atoms with Gasteiger partial charge in [0.1, 0.15) is 0 Å². The van der Waals surface area contributed by atoms with Gasteiger partial charge in [0, 0.05) is 19.7 Å². The van der Waals surface area contributed by atoms with Crippen LogP contribution in [0, 0.1) is 16.0 Å². The molecule has 1 aliphatic rings. The number of nitrogens with zero attached hydrogens (tertiary/aromatic N) is 2. The molecule has 7 heteroatoms. The molecule has 1 atom stereocenters. The van der Waals surface area contributed by atoms with Crippen molar-refractivity contribution in [2.24, 2.45) is 5.92 Å². The third-order valence-corrected chi connectivity index (χ3v) is 3.33. The van der Waals surface area contributed by atoms with E-state index in [-0.39, 0.29) is 17.5 Å². The molecule has 0 N–H and O–H groups in total. The van der Waals surface area contributed by atoms with Gasteiger partial charge in [-0.25, -0.2) is 0 Å². The summed E-state index contributed by atoms with van der Waals surface area (Å²) in [6.07, 6.45) is -0.642. The highest BCUT2D eigenvalue weighted by Gasteiger charge is 2.36. The van der Waals surface area contributed by atoms with Gasteiger partial charge in [0.05, 0.1) is 23.3 Å². The molecule has 21 heavy (non-hydrogen) atoms. The molecule has 2 rings (SSSR count). The molecule has 0 saturated heterocycles. The number of rotatable bonds is 5. The first-order valence-electron chi connectivity index (χ1n) is 6.71. The number of methoxy groups -OCH3 is 1. The van der Waals surface area contributed by atoms with Crippen LogP contribution in [0.2, 0.25) is 0 Å². The summed E-state index contributed by atoms with van der Waals surface area (Å²) in [5.41, 5.74) is 0.483. The summed E-state index contributed by atoms with van der Waals surface area (Å²) in [6, 6.07) is 4.26. The van der Waals surface area contributed by atoms with E-state index in [1.165, 1.54) is 18.2 Å². The van der Waals surface area contributed by atoms with Crippen LogP contribution in [0.3, 0.4) is 0 Å². The molecule has 0 aromatic heterocycles. The molecule has 7 nitrogen and oxygen atoms in total. The van der Waals surface area contributed by atoms with E-state index in [1.807, 2.05) is 13.8 Å². The van der Waals surface area contributed by atoms with Crippen molar-refractivity contribution in [3.05, 3.63) is 28.3 Å². The van der Waals surface area contributed by atoms with Crippen LogP contribution >= 0.6 is 0 Å². The Bertz CT molecular complexity index is 558. The van der Waals surface area contributed by atoms with Gasteiger partial charge in [-0.1, -0.05) is 13.8 Å². The van der Waals surface area contributed by atoms with Crippen LogP contribution in [-0.4, -0.2) is 37.2 Å². The van der Waals surface area contributed by atoms with Crippen LogP contribution in [0.15, 0.2) is 18.2 Å². The number of hydrogen-bond acceptors (Lipinski definition) is 5. The number of non-ortho nitro benzene ring substituents is 1. The Morgan fingerprint density at radius 3 is 2.76 bits per heavy atom. The predicted molar refractivity (Wildman–Crippen MR) is 76.6 cm³/mol. The number of carbonyl (C=O) groups excluding carboxylic acids is 1. The lowest BCUT2D eigenvalue weighted by Crippen LogP contribution is -2.49. The Hall–Kier alpha value is -2.15. The SMILES string of the molecule is COCCN1C(=O)C(C(C)C)Oc2cc([N+](=O)[O-])ccc21. The molecule has 1 heterocycles. The van der Waals surface area contributed by atoms with Crippen LogP contribution in [0.1, 0.15) is 13.8 Å². The Balaban J connectivity index is 2.42. The van der Waals surface area contributed by atoms with Crippen molar-refractivity contribution in [1.82, 2.24) is 0 Å². The fourth-order valence-electron chi connectivity index (χ4n) is 2.23. The molecule has 1 aromatic rings. The number of benzene rings is 1. The largest absolute Gasteiger partial charge is 0.478 e. The van der Waals surface area contributed by atoms with Crippen molar-refractivity contribution >= 4 is 17.3 Å². The zero-order valence-corrected chi connectivity index (χ0v) is 12.2. The number of nitro benzene ring substituents is 1. The monoisotopic (exact) mass is 294 g/mol. The summed E-state index contributed by atoms with van der Waals surface area (Å²) in [5, 5.41) is 10.9. The van der Waals surface area contributed by atoms with Gasteiger partial charge in [-0.2, -0.15) is 0 Å². The number of amides is 1. The molecular weight excluding hydrogens is 276 g/mol. The lowest BCUT2D eigenvalue weighted by atomic mass is 10.0. The zero-order valence-electron chi connectivity index (χ0n) is 12.2. The standard InChI is InChI=1S/C14H18N2O5/c1-9(2)13-14(17)15(6-7-20-3)11-5-4-10(16(18)19)8-12(11)21-13/h4-5,8-9,13H,6-7H2,1-3H3. The maximum absolute atomic E-state index is 12.5. The molecule has 0 fully saturated rings. The first-order chi connectivity index (χ1) is 9.95.